The molecule has 0 aliphatic carbocycles. The number of fused-ring (bicyclic) bond motifs is 1. The molecule has 2 heterocycles. The lowest BCUT2D eigenvalue weighted by molar-refractivity contribution is 0.129. The summed E-state index contributed by atoms with van der Waals surface area (Å²) in [4.78, 5) is 16.8. The molecule has 1 atom stereocenters. The van der Waals surface area contributed by atoms with Crippen LogP contribution < -0.4 is 0 Å². The Morgan fingerprint density at radius 3 is 2.65 bits per heavy atom. The predicted molar refractivity (Wildman–Crippen MR) is 80.5 cm³/mol. The molecule has 3 nitrogen and oxygen atoms in total. The standard InChI is InChI=1S/C17H24N2O/c1-14-6-4-10-18(12-14)17(20)19-11-5-9-15-7-2-3-8-16(15)13-19/h2-3,7-8,14H,4-6,9-13H2,1H3. The molecule has 2 aliphatic rings. The Kier molecular flexibility index (Phi) is 3.95. The third-order valence-corrected chi connectivity index (χ3v) is 4.55. The second kappa shape index (κ2) is 5.86. The van der Waals surface area contributed by atoms with Gasteiger partial charge in [0.1, 0.15) is 0 Å². The van der Waals surface area contributed by atoms with Gasteiger partial charge in [-0.2, -0.15) is 0 Å². The third-order valence-electron chi connectivity index (χ3n) is 4.55. The molecular formula is C17H24N2O. The van der Waals surface area contributed by atoms with Gasteiger partial charge in [0, 0.05) is 26.2 Å². The first-order valence-corrected chi connectivity index (χ1v) is 7.84. The number of piperidine rings is 1. The largest absolute Gasteiger partial charge is 0.324 e. The number of carbonyl (C=O) groups excluding carboxylic acids is 1. The van der Waals surface area contributed by atoms with E-state index in [0.717, 1.165) is 45.4 Å². The second-order valence-corrected chi connectivity index (χ2v) is 6.27. The van der Waals surface area contributed by atoms with Crippen molar-refractivity contribution in [2.75, 3.05) is 19.6 Å². The zero-order chi connectivity index (χ0) is 13.9. The molecule has 2 amide bonds. The van der Waals surface area contributed by atoms with Crippen LogP contribution in [0.5, 0.6) is 0 Å². The highest BCUT2D eigenvalue weighted by Crippen LogP contribution is 2.22. The molecule has 1 saturated heterocycles. The van der Waals surface area contributed by atoms with E-state index >= 15 is 0 Å². The van der Waals surface area contributed by atoms with Crippen molar-refractivity contribution in [1.29, 1.82) is 0 Å². The molecule has 0 radical (unpaired) electrons. The van der Waals surface area contributed by atoms with Gasteiger partial charge in [-0.05, 0) is 42.7 Å². The molecule has 20 heavy (non-hydrogen) atoms. The average Bonchev–Trinajstić information content (AvgIpc) is 2.68. The van der Waals surface area contributed by atoms with Crippen molar-refractivity contribution in [2.45, 2.75) is 39.2 Å². The van der Waals surface area contributed by atoms with Crippen molar-refractivity contribution in [3.8, 4) is 0 Å². The summed E-state index contributed by atoms with van der Waals surface area (Å²) >= 11 is 0. The van der Waals surface area contributed by atoms with Crippen LogP contribution in [-0.2, 0) is 13.0 Å². The molecule has 0 saturated carbocycles. The molecule has 108 valence electrons. The Morgan fingerprint density at radius 2 is 1.85 bits per heavy atom. The molecule has 1 unspecified atom stereocenters. The lowest BCUT2D eigenvalue weighted by atomic mass is 10.0. The molecule has 0 N–H and O–H groups in total. The smallest absolute Gasteiger partial charge is 0.320 e. The number of amides is 2. The third kappa shape index (κ3) is 2.82. The van der Waals surface area contributed by atoms with Crippen LogP contribution in [0.15, 0.2) is 24.3 Å². The normalized spacial score (nSPS) is 23.1. The first kappa shape index (κ1) is 13.5. The van der Waals surface area contributed by atoms with Gasteiger partial charge in [0.15, 0.2) is 0 Å². The monoisotopic (exact) mass is 272 g/mol. The fraction of sp³-hybridized carbons (Fsp3) is 0.588. The van der Waals surface area contributed by atoms with Crippen LogP contribution >= 0.6 is 0 Å². The number of hydrogen-bond donors (Lipinski definition) is 0. The van der Waals surface area contributed by atoms with Crippen molar-refractivity contribution in [1.82, 2.24) is 9.80 Å². The molecule has 0 spiro atoms. The highest BCUT2D eigenvalue weighted by atomic mass is 16.2. The van der Waals surface area contributed by atoms with Gasteiger partial charge in [-0.1, -0.05) is 31.2 Å². The van der Waals surface area contributed by atoms with E-state index in [9.17, 15) is 4.79 Å². The van der Waals surface area contributed by atoms with Gasteiger partial charge < -0.3 is 9.80 Å². The van der Waals surface area contributed by atoms with Crippen molar-refractivity contribution < 1.29 is 4.79 Å². The summed E-state index contributed by atoms with van der Waals surface area (Å²) < 4.78 is 0. The van der Waals surface area contributed by atoms with E-state index in [1.807, 2.05) is 4.90 Å². The molecule has 1 fully saturated rings. The van der Waals surface area contributed by atoms with Crippen molar-refractivity contribution in [3.05, 3.63) is 35.4 Å². The number of likely N-dealkylation sites (tertiary alicyclic amines) is 1. The number of rotatable bonds is 0. The first-order chi connectivity index (χ1) is 9.74. The Balaban J connectivity index is 1.72. The number of urea groups is 1. The van der Waals surface area contributed by atoms with Gasteiger partial charge in [-0.3, -0.25) is 0 Å². The topological polar surface area (TPSA) is 23.6 Å². The first-order valence-electron chi connectivity index (χ1n) is 7.84. The minimum Gasteiger partial charge on any atom is -0.324 e. The molecule has 1 aromatic carbocycles. The quantitative estimate of drug-likeness (QED) is 0.711. The maximum absolute atomic E-state index is 12.7. The number of nitrogens with zero attached hydrogens (tertiary/aromatic N) is 2. The molecule has 2 aliphatic heterocycles. The SMILES string of the molecule is CC1CCCN(C(=O)N2CCCc3ccccc3C2)C1. The summed E-state index contributed by atoms with van der Waals surface area (Å²) in [6.07, 6.45) is 4.58. The minimum atomic E-state index is 0.244. The van der Waals surface area contributed by atoms with Gasteiger partial charge in [-0.15, -0.1) is 0 Å². The minimum absolute atomic E-state index is 0.244. The van der Waals surface area contributed by atoms with Crippen LogP contribution in [0.3, 0.4) is 0 Å². The maximum Gasteiger partial charge on any atom is 0.320 e. The van der Waals surface area contributed by atoms with E-state index in [-0.39, 0.29) is 6.03 Å². The summed E-state index contributed by atoms with van der Waals surface area (Å²) in [6.45, 7) is 5.77. The van der Waals surface area contributed by atoms with E-state index in [1.54, 1.807) is 0 Å². The van der Waals surface area contributed by atoms with Crippen molar-refractivity contribution in [2.24, 2.45) is 5.92 Å². The van der Waals surface area contributed by atoms with Gasteiger partial charge in [0.25, 0.3) is 0 Å². The predicted octanol–water partition coefficient (Wildman–Crippen LogP) is 3.29. The zero-order valence-electron chi connectivity index (χ0n) is 12.3. The van der Waals surface area contributed by atoms with Crippen molar-refractivity contribution >= 4 is 6.03 Å². The second-order valence-electron chi connectivity index (χ2n) is 6.27. The van der Waals surface area contributed by atoms with Crippen LogP contribution in [-0.4, -0.2) is 35.5 Å². The van der Waals surface area contributed by atoms with E-state index in [1.165, 1.54) is 17.5 Å². The van der Waals surface area contributed by atoms with E-state index in [4.69, 9.17) is 0 Å². The average molecular weight is 272 g/mol. The fourth-order valence-corrected chi connectivity index (χ4v) is 3.43. The van der Waals surface area contributed by atoms with Gasteiger partial charge in [0.2, 0.25) is 0 Å². The highest BCUT2D eigenvalue weighted by molar-refractivity contribution is 5.74. The summed E-state index contributed by atoms with van der Waals surface area (Å²) in [5, 5.41) is 0. The van der Waals surface area contributed by atoms with Crippen LogP contribution in [0.1, 0.15) is 37.3 Å². The van der Waals surface area contributed by atoms with Gasteiger partial charge in [-0.25, -0.2) is 4.79 Å². The van der Waals surface area contributed by atoms with Crippen LogP contribution in [0.4, 0.5) is 4.79 Å². The summed E-state index contributed by atoms with van der Waals surface area (Å²) in [7, 11) is 0. The molecule has 3 rings (SSSR count). The molecule has 0 bridgehead atoms. The van der Waals surface area contributed by atoms with Crippen LogP contribution in [0.2, 0.25) is 0 Å². The summed E-state index contributed by atoms with van der Waals surface area (Å²) in [5.74, 6) is 0.645. The molecular weight excluding hydrogens is 248 g/mol. The van der Waals surface area contributed by atoms with Crippen molar-refractivity contribution in [3.63, 3.8) is 0 Å². The Hall–Kier alpha value is -1.51. The van der Waals surface area contributed by atoms with E-state index in [2.05, 4.69) is 36.1 Å². The lowest BCUT2D eigenvalue weighted by Gasteiger charge is -2.35. The molecule has 1 aromatic rings. The van der Waals surface area contributed by atoms with Crippen LogP contribution in [0, 0.1) is 5.92 Å². The summed E-state index contributed by atoms with van der Waals surface area (Å²) in [5.41, 5.74) is 2.73. The lowest BCUT2D eigenvalue weighted by Crippen LogP contribution is -2.47. The van der Waals surface area contributed by atoms with E-state index in [0.29, 0.717) is 5.92 Å². The Morgan fingerprint density at radius 1 is 1.10 bits per heavy atom. The molecule has 0 aromatic heterocycles. The maximum atomic E-state index is 12.7. The number of carbonyl (C=O) groups is 1. The van der Waals surface area contributed by atoms with Gasteiger partial charge in [0.05, 0.1) is 0 Å². The fourth-order valence-electron chi connectivity index (χ4n) is 3.43. The number of aryl methyl sites for hydroxylation is 1. The summed E-state index contributed by atoms with van der Waals surface area (Å²) in [6, 6.07) is 8.79. The molecule has 3 heteroatoms. The Labute approximate surface area is 121 Å². The number of hydrogen-bond acceptors (Lipinski definition) is 1. The number of benzene rings is 1. The zero-order valence-corrected chi connectivity index (χ0v) is 12.3. The van der Waals surface area contributed by atoms with E-state index < -0.39 is 0 Å². The van der Waals surface area contributed by atoms with Crippen LogP contribution in [0.25, 0.3) is 0 Å². The highest BCUT2D eigenvalue weighted by Gasteiger charge is 2.26. The Bertz CT molecular complexity index is 486. The van der Waals surface area contributed by atoms with Gasteiger partial charge >= 0.3 is 6.03 Å².